The molecule has 1 aliphatic rings. The van der Waals surface area contributed by atoms with E-state index in [-0.39, 0.29) is 23.4 Å². The summed E-state index contributed by atoms with van der Waals surface area (Å²) in [5, 5.41) is 31.6. The Bertz CT molecular complexity index is 520. The van der Waals surface area contributed by atoms with E-state index < -0.39 is 4.92 Å². The Morgan fingerprint density at radius 1 is 1.61 bits per heavy atom. The van der Waals surface area contributed by atoms with Crippen LogP contribution in [0.1, 0.15) is 18.5 Å². The van der Waals surface area contributed by atoms with Crippen molar-refractivity contribution in [3.63, 3.8) is 0 Å². The van der Waals surface area contributed by atoms with E-state index in [2.05, 4.69) is 10.3 Å². The molecule has 1 saturated carbocycles. The number of rotatable bonds is 5. The Hall–Kier alpha value is -2.20. The molecule has 1 aromatic heterocycles. The van der Waals surface area contributed by atoms with Gasteiger partial charge in [-0.15, -0.1) is 0 Å². The number of nitro groups is 1. The number of aliphatic hydroxyl groups excluding tert-OH is 1. The van der Waals surface area contributed by atoms with Crippen LogP contribution in [0.3, 0.4) is 0 Å². The molecule has 94 valence electrons. The van der Waals surface area contributed by atoms with Gasteiger partial charge in [0.25, 0.3) is 0 Å². The predicted octanol–water partition coefficient (Wildman–Crippen LogP) is 1.05. The highest BCUT2D eigenvalue weighted by molar-refractivity contribution is 5.50. The molecule has 0 amide bonds. The molecular weight excluding hydrogens is 236 g/mol. The van der Waals surface area contributed by atoms with Crippen LogP contribution in [0.2, 0.25) is 0 Å². The maximum Gasteiger partial charge on any atom is 0.305 e. The van der Waals surface area contributed by atoms with Crippen molar-refractivity contribution < 1.29 is 10.0 Å². The molecule has 0 bridgehead atoms. The van der Waals surface area contributed by atoms with Gasteiger partial charge in [-0.1, -0.05) is 0 Å². The molecule has 1 aliphatic carbocycles. The fraction of sp³-hybridized carbons (Fsp3) is 0.455. The number of nitriles is 1. The van der Waals surface area contributed by atoms with Crippen LogP contribution < -0.4 is 5.32 Å². The van der Waals surface area contributed by atoms with E-state index in [0.717, 1.165) is 12.8 Å². The van der Waals surface area contributed by atoms with Crippen molar-refractivity contribution in [1.82, 2.24) is 4.98 Å². The van der Waals surface area contributed by atoms with E-state index in [0.29, 0.717) is 12.4 Å². The molecule has 0 radical (unpaired) electrons. The molecule has 18 heavy (non-hydrogen) atoms. The summed E-state index contributed by atoms with van der Waals surface area (Å²) in [4.78, 5) is 13.9. The van der Waals surface area contributed by atoms with Gasteiger partial charge < -0.3 is 10.4 Å². The first-order valence-electron chi connectivity index (χ1n) is 5.50. The summed E-state index contributed by atoms with van der Waals surface area (Å²) in [6.45, 7) is 0.664. The van der Waals surface area contributed by atoms with Crippen molar-refractivity contribution >= 4 is 11.5 Å². The third-order valence-electron chi connectivity index (χ3n) is 3.11. The van der Waals surface area contributed by atoms with Crippen molar-refractivity contribution in [2.75, 3.05) is 18.5 Å². The fourth-order valence-corrected chi connectivity index (χ4v) is 1.63. The number of aromatic nitrogens is 1. The first-order chi connectivity index (χ1) is 8.60. The number of anilines is 1. The fourth-order valence-electron chi connectivity index (χ4n) is 1.63. The summed E-state index contributed by atoms with van der Waals surface area (Å²) in [6.07, 6.45) is 1.91. The van der Waals surface area contributed by atoms with Gasteiger partial charge >= 0.3 is 5.69 Å². The third-order valence-corrected chi connectivity index (χ3v) is 3.11. The van der Waals surface area contributed by atoms with Crippen LogP contribution in [0.5, 0.6) is 0 Å². The highest BCUT2D eigenvalue weighted by Gasteiger charge is 2.41. The average Bonchev–Trinajstić information content (AvgIpc) is 3.16. The molecular formula is C11H12N4O3. The molecule has 2 rings (SSSR count). The quantitative estimate of drug-likeness (QED) is 0.594. The van der Waals surface area contributed by atoms with Gasteiger partial charge in [0.2, 0.25) is 5.69 Å². The lowest BCUT2D eigenvalue weighted by molar-refractivity contribution is -0.385. The predicted molar refractivity (Wildman–Crippen MR) is 62.8 cm³/mol. The highest BCUT2D eigenvalue weighted by atomic mass is 16.6. The van der Waals surface area contributed by atoms with Crippen molar-refractivity contribution in [2.45, 2.75) is 12.8 Å². The van der Waals surface area contributed by atoms with Gasteiger partial charge in [0.05, 0.1) is 11.5 Å². The Morgan fingerprint density at radius 2 is 2.33 bits per heavy atom. The summed E-state index contributed by atoms with van der Waals surface area (Å²) in [5.41, 5.74) is -0.596. The molecule has 2 N–H and O–H groups in total. The maximum absolute atomic E-state index is 10.6. The van der Waals surface area contributed by atoms with Crippen LogP contribution >= 0.6 is 0 Å². The van der Waals surface area contributed by atoms with Gasteiger partial charge in [0, 0.05) is 18.0 Å². The van der Waals surface area contributed by atoms with Crippen LogP contribution in [0.15, 0.2) is 12.1 Å². The lowest BCUT2D eigenvalue weighted by Crippen LogP contribution is -2.19. The molecule has 0 saturated heterocycles. The van der Waals surface area contributed by atoms with Crippen LogP contribution in [-0.2, 0) is 0 Å². The summed E-state index contributed by atoms with van der Waals surface area (Å²) in [6, 6.07) is 4.42. The molecule has 1 fully saturated rings. The molecule has 0 spiro atoms. The second kappa shape index (κ2) is 4.58. The van der Waals surface area contributed by atoms with Gasteiger partial charge in [-0.3, -0.25) is 10.1 Å². The smallest absolute Gasteiger partial charge is 0.305 e. The monoisotopic (exact) mass is 248 g/mol. The Labute approximate surface area is 103 Å². The molecule has 0 aliphatic heterocycles. The number of nitrogens with zero attached hydrogens (tertiary/aromatic N) is 3. The second-order valence-electron chi connectivity index (χ2n) is 4.44. The van der Waals surface area contributed by atoms with Gasteiger partial charge in [0.15, 0.2) is 0 Å². The molecule has 0 aromatic carbocycles. The van der Waals surface area contributed by atoms with Gasteiger partial charge in [-0.2, -0.15) is 5.26 Å². The lowest BCUT2D eigenvalue weighted by Gasteiger charge is -2.13. The average molecular weight is 248 g/mol. The second-order valence-corrected chi connectivity index (χ2v) is 4.44. The minimum absolute atomic E-state index is 0.0870. The van der Waals surface area contributed by atoms with Crippen LogP contribution in [0.25, 0.3) is 0 Å². The van der Waals surface area contributed by atoms with Crippen LogP contribution in [0, 0.1) is 26.9 Å². The normalized spacial score (nSPS) is 15.8. The van der Waals surface area contributed by atoms with E-state index in [9.17, 15) is 10.1 Å². The van der Waals surface area contributed by atoms with Gasteiger partial charge in [-0.05, 0) is 18.9 Å². The molecule has 7 nitrogen and oxygen atoms in total. The molecule has 0 atom stereocenters. The first-order valence-corrected chi connectivity index (χ1v) is 5.50. The zero-order valence-electron chi connectivity index (χ0n) is 9.59. The highest BCUT2D eigenvalue weighted by Crippen LogP contribution is 2.44. The van der Waals surface area contributed by atoms with Crippen molar-refractivity contribution in [3.05, 3.63) is 27.9 Å². The Balaban J connectivity index is 2.11. The number of nitrogens with one attached hydrogen (secondary N) is 1. The zero-order valence-corrected chi connectivity index (χ0v) is 9.59. The van der Waals surface area contributed by atoms with Crippen molar-refractivity contribution in [1.29, 1.82) is 5.26 Å². The summed E-state index contributed by atoms with van der Waals surface area (Å²) < 4.78 is 0. The van der Waals surface area contributed by atoms with Gasteiger partial charge in [-0.25, -0.2) is 4.98 Å². The van der Waals surface area contributed by atoms with E-state index >= 15 is 0 Å². The van der Waals surface area contributed by atoms with Crippen LogP contribution in [-0.4, -0.2) is 28.2 Å². The minimum Gasteiger partial charge on any atom is -0.396 e. The third kappa shape index (κ3) is 2.38. The van der Waals surface area contributed by atoms with E-state index in [4.69, 9.17) is 10.4 Å². The SMILES string of the molecule is N#Cc1nc(NCC2(CO)CC2)ccc1[N+](=O)[O-]. The van der Waals surface area contributed by atoms with E-state index in [1.54, 1.807) is 6.07 Å². The van der Waals surface area contributed by atoms with Gasteiger partial charge in [0.1, 0.15) is 11.9 Å². The van der Waals surface area contributed by atoms with Crippen molar-refractivity contribution in [3.8, 4) is 6.07 Å². The molecule has 1 aromatic rings. The van der Waals surface area contributed by atoms with E-state index in [1.165, 1.54) is 12.1 Å². The summed E-state index contributed by atoms with van der Waals surface area (Å²) in [7, 11) is 0. The standard InChI is InChI=1S/C11H12N4O3/c12-5-8-9(15(17)18)1-2-10(14-8)13-6-11(7-16)3-4-11/h1-2,16H,3-4,6-7H2,(H,13,14). The Morgan fingerprint density at radius 3 is 2.83 bits per heavy atom. The molecule has 7 heteroatoms. The largest absolute Gasteiger partial charge is 0.396 e. The maximum atomic E-state index is 10.6. The molecule has 0 unspecified atom stereocenters. The van der Waals surface area contributed by atoms with E-state index in [1.807, 2.05) is 0 Å². The lowest BCUT2D eigenvalue weighted by atomic mass is 10.1. The molecule has 1 heterocycles. The number of hydrogen-bond acceptors (Lipinski definition) is 6. The summed E-state index contributed by atoms with van der Waals surface area (Å²) >= 11 is 0. The number of pyridine rings is 1. The topological polar surface area (TPSA) is 112 Å². The zero-order chi connectivity index (χ0) is 13.2. The van der Waals surface area contributed by atoms with Crippen molar-refractivity contribution in [2.24, 2.45) is 5.41 Å². The first kappa shape index (κ1) is 12.3. The number of aliphatic hydroxyl groups is 1. The number of hydrogen-bond donors (Lipinski definition) is 2. The minimum atomic E-state index is -0.633. The summed E-state index contributed by atoms with van der Waals surface area (Å²) in [5.74, 6) is 0.414. The van der Waals surface area contributed by atoms with Crippen LogP contribution in [0.4, 0.5) is 11.5 Å². The Kier molecular flexibility index (Phi) is 3.12.